The Kier molecular flexibility index (Phi) is 8.97. The zero-order valence-corrected chi connectivity index (χ0v) is 40.4. The second kappa shape index (κ2) is 15.8. The third-order valence-electron chi connectivity index (χ3n) is 15.7. The number of anilines is 3. The summed E-state index contributed by atoms with van der Waals surface area (Å²) in [6.45, 7) is 4.75. The fourth-order valence-electron chi connectivity index (χ4n) is 12.2. The van der Waals surface area contributed by atoms with Gasteiger partial charge in [-0.3, -0.25) is 0 Å². The molecule has 0 radical (unpaired) electrons. The molecule has 0 amide bonds. The molecule has 0 unspecified atom stereocenters. The van der Waals surface area contributed by atoms with Gasteiger partial charge in [0, 0.05) is 71.7 Å². The minimum Gasteiger partial charge on any atom is -0.455 e. The third kappa shape index (κ3) is 6.27. The van der Waals surface area contributed by atoms with Crippen LogP contribution >= 0.6 is 0 Å². The molecule has 0 aliphatic heterocycles. The van der Waals surface area contributed by atoms with Gasteiger partial charge in [-0.2, -0.15) is 0 Å². The van der Waals surface area contributed by atoms with Gasteiger partial charge in [0.15, 0.2) is 0 Å². The van der Waals surface area contributed by atoms with E-state index in [2.05, 4.69) is 271 Å². The number of rotatable bonds is 7. The van der Waals surface area contributed by atoms with Crippen molar-refractivity contribution in [2.45, 2.75) is 19.3 Å². The lowest BCUT2D eigenvalue weighted by atomic mass is 9.81. The quantitative estimate of drug-likeness (QED) is 0.159. The Morgan fingerprint density at radius 3 is 1.51 bits per heavy atom. The molecule has 0 fully saturated rings. The Balaban J connectivity index is 0.841. The van der Waals surface area contributed by atoms with Crippen molar-refractivity contribution in [1.82, 2.24) is 9.13 Å². The van der Waals surface area contributed by atoms with Gasteiger partial charge in [0.2, 0.25) is 0 Å². The molecule has 0 N–H and O–H groups in total. The van der Waals surface area contributed by atoms with E-state index in [1.54, 1.807) is 0 Å². The fraction of sp³-hybridized carbons (Fsp3) is 0.0435. The Morgan fingerprint density at radius 1 is 0.329 bits per heavy atom. The maximum Gasteiger partial charge on any atom is 0.143 e. The Bertz CT molecular complexity index is 4460. The number of hydrogen-bond acceptors (Lipinski definition) is 2. The van der Waals surface area contributed by atoms with Gasteiger partial charge in [-0.15, -0.1) is 0 Å². The molecule has 344 valence electrons. The van der Waals surface area contributed by atoms with Crippen LogP contribution in [-0.4, -0.2) is 9.13 Å². The van der Waals surface area contributed by atoms with Crippen LogP contribution in [0.25, 0.3) is 110 Å². The number of furan rings is 1. The van der Waals surface area contributed by atoms with E-state index in [1.165, 1.54) is 77.0 Å². The second-order valence-electron chi connectivity index (χ2n) is 20.1. The van der Waals surface area contributed by atoms with Crippen molar-refractivity contribution in [3.05, 3.63) is 260 Å². The first-order valence-electron chi connectivity index (χ1n) is 25.2. The first-order chi connectivity index (χ1) is 36.0. The summed E-state index contributed by atoms with van der Waals surface area (Å²) in [4.78, 5) is 2.42. The van der Waals surface area contributed by atoms with Crippen molar-refractivity contribution < 1.29 is 4.42 Å². The summed E-state index contributed by atoms with van der Waals surface area (Å²) >= 11 is 0. The largest absolute Gasteiger partial charge is 0.455 e. The number of para-hydroxylation sites is 6. The highest BCUT2D eigenvalue weighted by atomic mass is 16.3. The molecule has 11 aromatic carbocycles. The summed E-state index contributed by atoms with van der Waals surface area (Å²) < 4.78 is 11.3. The van der Waals surface area contributed by atoms with Gasteiger partial charge in [-0.25, -0.2) is 0 Å². The first kappa shape index (κ1) is 41.4. The second-order valence-corrected chi connectivity index (χ2v) is 20.1. The van der Waals surface area contributed by atoms with E-state index in [4.69, 9.17) is 4.42 Å². The SMILES string of the molecule is CC1(C)c2cc(-c3cccc4c3oc3ccccc34)ccc2-c2ccc(N(c3ccc(-c4ccc5c(c4)c4ccccc4n5-c4ccccc4)cc3)c3ccc(-n4c5ccccc5c5ccccc54)cc3)cc21. The molecule has 3 heterocycles. The Morgan fingerprint density at radius 2 is 0.822 bits per heavy atom. The van der Waals surface area contributed by atoms with Gasteiger partial charge < -0.3 is 18.5 Å². The number of fused-ring (bicyclic) bond motifs is 12. The Labute approximate surface area is 422 Å². The third-order valence-corrected chi connectivity index (χ3v) is 15.7. The van der Waals surface area contributed by atoms with Crippen molar-refractivity contribution in [1.29, 1.82) is 0 Å². The summed E-state index contributed by atoms with van der Waals surface area (Å²) in [5, 5.41) is 7.29. The number of nitrogens with zero attached hydrogens (tertiary/aromatic N) is 3. The number of aromatic nitrogens is 2. The molecule has 0 saturated heterocycles. The van der Waals surface area contributed by atoms with Gasteiger partial charge in [0.25, 0.3) is 0 Å². The van der Waals surface area contributed by atoms with Gasteiger partial charge >= 0.3 is 0 Å². The standard InChI is InChI=1S/C69H47N3O/c1-69(2)61-42-46(52-21-14-22-59-58-20-9-13-26-67(58)73-68(52)59)29-38-53(61)54-39-37-51(43-62(54)69)70(49-33-35-50(36-34-49)72-63-23-10-6-17-55(63)56-18-7-11-24-64(56)72)48-31-27-44(28-32-48)45-30-40-66-60(41-45)57-19-8-12-25-65(57)71(66)47-15-4-3-5-16-47/h3-43H,1-2H3. The van der Waals surface area contributed by atoms with Crippen molar-refractivity contribution in [2.75, 3.05) is 4.90 Å². The van der Waals surface area contributed by atoms with E-state index < -0.39 is 0 Å². The van der Waals surface area contributed by atoms with E-state index in [1.807, 2.05) is 6.07 Å². The summed E-state index contributed by atoms with van der Waals surface area (Å²) in [6, 6.07) is 90.9. The van der Waals surface area contributed by atoms with Gasteiger partial charge in [0.1, 0.15) is 11.2 Å². The van der Waals surface area contributed by atoms with E-state index in [0.29, 0.717) is 0 Å². The van der Waals surface area contributed by atoms with E-state index in [9.17, 15) is 0 Å². The Hall–Kier alpha value is -9.38. The lowest BCUT2D eigenvalue weighted by Gasteiger charge is -2.28. The van der Waals surface area contributed by atoms with Gasteiger partial charge in [-0.1, -0.05) is 159 Å². The molecule has 14 aromatic rings. The molecule has 15 rings (SSSR count). The first-order valence-corrected chi connectivity index (χ1v) is 25.2. The molecule has 1 aliphatic rings. The van der Waals surface area contributed by atoms with Gasteiger partial charge in [0.05, 0.1) is 22.1 Å². The molecule has 1 aliphatic carbocycles. The lowest BCUT2D eigenvalue weighted by molar-refractivity contribution is 0.660. The lowest BCUT2D eigenvalue weighted by Crippen LogP contribution is -2.16. The predicted molar refractivity (Wildman–Crippen MR) is 306 cm³/mol. The van der Waals surface area contributed by atoms with E-state index in [-0.39, 0.29) is 5.41 Å². The van der Waals surface area contributed by atoms with Crippen LogP contribution in [0.2, 0.25) is 0 Å². The van der Waals surface area contributed by atoms with Crippen molar-refractivity contribution >= 4 is 82.6 Å². The van der Waals surface area contributed by atoms with E-state index >= 15 is 0 Å². The zero-order chi connectivity index (χ0) is 48.4. The summed E-state index contributed by atoms with van der Waals surface area (Å²) in [7, 11) is 0. The minimum absolute atomic E-state index is 0.267. The monoisotopic (exact) mass is 933 g/mol. The average Bonchev–Trinajstić information content (AvgIpc) is 4.16. The van der Waals surface area contributed by atoms with E-state index in [0.717, 1.165) is 61.5 Å². The maximum absolute atomic E-state index is 6.54. The average molecular weight is 934 g/mol. The van der Waals surface area contributed by atoms with Crippen LogP contribution in [0.3, 0.4) is 0 Å². The normalized spacial score (nSPS) is 12.9. The predicted octanol–water partition coefficient (Wildman–Crippen LogP) is 18.9. The molecule has 3 aromatic heterocycles. The zero-order valence-electron chi connectivity index (χ0n) is 40.4. The van der Waals surface area contributed by atoms with Crippen molar-refractivity contribution in [2.24, 2.45) is 0 Å². The van der Waals surface area contributed by atoms with Gasteiger partial charge in [-0.05, 0) is 142 Å². The molecule has 4 heteroatoms. The smallest absolute Gasteiger partial charge is 0.143 e. The number of hydrogen-bond donors (Lipinski definition) is 0. The van der Waals surface area contributed by atoms with Crippen LogP contribution < -0.4 is 4.90 Å². The summed E-state index contributed by atoms with van der Waals surface area (Å²) in [5.74, 6) is 0. The molecular weight excluding hydrogens is 887 g/mol. The van der Waals surface area contributed by atoms with Crippen LogP contribution in [0.15, 0.2) is 253 Å². The van der Waals surface area contributed by atoms with Crippen LogP contribution in [0.5, 0.6) is 0 Å². The molecule has 0 bridgehead atoms. The highest BCUT2D eigenvalue weighted by Crippen LogP contribution is 2.52. The topological polar surface area (TPSA) is 26.2 Å². The van der Waals surface area contributed by atoms with Crippen LogP contribution in [0.1, 0.15) is 25.0 Å². The van der Waals surface area contributed by atoms with Crippen LogP contribution in [0.4, 0.5) is 17.1 Å². The van der Waals surface area contributed by atoms with Crippen molar-refractivity contribution in [3.8, 4) is 44.8 Å². The maximum atomic E-state index is 6.54. The summed E-state index contributed by atoms with van der Waals surface area (Å²) in [6.07, 6.45) is 0. The summed E-state index contributed by atoms with van der Waals surface area (Å²) in [5.41, 5.74) is 21.8. The van der Waals surface area contributed by atoms with Crippen LogP contribution in [-0.2, 0) is 5.41 Å². The molecule has 0 atom stereocenters. The minimum atomic E-state index is -0.267. The highest BCUT2D eigenvalue weighted by Gasteiger charge is 2.36. The molecule has 73 heavy (non-hydrogen) atoms. The molecule has 0 spiro atoms. The fourth-order valence-corrected chi connectivity index (χ4v) is 12.2. The van der Waals surface area contributed by atoms with Crippen molar-refractivity contribution in [3.63, 3.8) is 0 Å². The molecule has 4 nitrogen and oxygen atoms in total. The number of benzene rings is 11. The molecular formula is C69H47N3O. The van der Waals surface area contributed by atoms with Crippen LogP contribution in [0, 0.1) is 0 Å². The molecule has 0 saturated carbocycles. The highest BCUT2D eigenvalue weighted by molar-refractivity contribution is 6.12.